The lowest BCUT2D eigenvalue weighted by atomic mass is 10.1. The smallest absolute Gasteiger partial charge is 0.257 e. The van der Waals surface area contributed by atoms with Gasteiger partial charge in [0.25, 0.3) is 5.91 Å². The topological polar surface area (TPSA) is 71.1 Å². The minimum absolute atomic E-state index is 0.0524. The zero-order valence-corrected chi connectivity index (χ0v) is 20.6. The third kappa shape index (κ3) is 6.06. The molecule has 0 bridgehead atoms. The maximum Gasteiger partial charge on any atom is 0.257 e. The third-order valence-corrected chi connectivity index (χ3v) is 7.52. The van der Waals surface area contributed by atoms with E-state index < -0.39 is 0 Å². The largest absolute Gasteiger partial charge is 0.349 e. The van der Waals surface area contributed by atoms with E-state index in [2.05, 4.69) is 15.6 Å². The van der Waals surface area contributed by atoms with E-state index in [4.69, 9.17) is 23.2 Å². The predicted molar refractivity (Wildman–Crippen MR) is 138 cm³/mol. The summed E-state index contributed by atoms with van der Waals surface area (Å²) in [5, 5.41) is 6.61. The van der Waals surface area contributed by atoms with Gasteiger partial charge in [0.2, 0.25) is 5.91 Å². The molecule has 0 unspecified atom stereocenters. The number of aromatic nitrogens is 1. The van der Waals surface area contributed by atoms with E-state index in [1.54, 1.807) is 18.2 Å². The molecule has 5 nitrogen and oxygen atoms in total. The summed E-state index contributed by atoms with van der Waals surface area (Å²) in [4.78, 5) is 29.5. The predicted octanol–water partition coefficient (Wildman–Crippen LogP) is 6.82. The number of amides is 2. The van der Waals surface area contributed by atoms with Crippen LogP contribution in [0.5, 0.6) is 0 Å². The Morgan fingerprint density at radius 2 is 1.85 bits per heavy atom. The molecule has 0 saturated heterocycles. The molecule has 1 aromatic heterocycles. The number of carbonyl (C=O) groups excluding carboxylic acids is 2. The summed E-state index contributed by atoms with van der Waals surface area (Å²) in [6.45, 7) is 1.96. The van der Waals surface area contributed by atoms with E-state index in [0.717, 1.165) is 20.1 Å². The van der Waals surface area contributed by atoms with Crippen LogP contribution in [0.2, 0.25) is 10.0 Å². The molecule has 2 N–H and O–H groups in total. The number of fused-ring (bicyclic) bond motifs is 1. The SMILES string of the molecule is C[C@@H](NC(=O)CSc1nc2ccc(NC(=O)c3ccc(Cl)cc3Cl)cc2s1)c1ccccc1. The van der Waals surface area contributed by atoms with E-state index in [1.165, 1.54) is 29.2 Å². The maximum atomic E-state index is 12.6. The molecule has 0 radical (unpaired) electrons. The number of benzene rings is 3. The number of nitrogens with zero attached hydrogens (tertiary/aromatic N) is 1. The average Bonchev–Trinajstić information content (AvgIpc) is 3.20. The van der Waals surface area contributed by atoms with Crippen LogP contribution < -0.4 is 10.6 Å². The first-order chi connectivity index (χ1) is 15.9. The molecule has 1 heterocycles. The summed E-state index contributed by atoms with van der Waals surface area (Å²) in [6.07, 6.45) is 0. The van der Waals surface area contributed by atoms with Crippen molar-refractivity contribution in [2.75, 3.05) is 11.1 Å². The molecular formula is C24H19Cl2N3O2S2. The van der Waals surface area contributed by atoms with Gasteiger partial charge in [0.15, 0.2) is 4.34 Å². The number of nitrogens with one attached hydrogen (secondary N) is 2. The summed E-state index contributed by atoms with van der Waals surface area (Å²) in [5.41, 5.74) is 2.85. The molecule has 4 aromatic rings. The molecule has 0 aliphatic heterocycles. The highest BCUT2D eigenvalue weighted by molar-refractivity contribution is 8.01. The normalized spacial score (nSPS) is 11.8. The van der Waals surface area contributed by atoms with Crippen LogP contribution in [0, 0.1) is 0 Å². The zero-order valence-electron chi connectivity index (χ0n) is 17.5. The second-order valence-electron chi connectivity index (χ2n) is 7.23. The van der Waals surface area contributed by atoms with Crippen LogP contribution in [0.1, 0.15) is 28.9 Å². The van der Waals surface area contributed by atoms with Gasteiger partial charge < -0.3 is 10.6 Å². The molecular weight excluding hydrogens is 497 g/mol. The van der Waals surface area contributed by atoms with E-state index in [0.29, 0.717) is 16.3 Å². The Labute approximate surface area is 209 Å². The Hall–Kier alpha value is -2.58. The first-order valence-corrected chi connectivity index (χ1v) is 12.6. The average molecular weight is 516 g/mol. The molecule has 168 valence electrons. The van der Waals surface area contributed by atoms with E-state index in [-0.39, 0.29) is 28.6 Å². The van der Waals surface area contributed by atoms with Crippen LogP contribution in [0.15, 0.2) is 71.1 Å². The van der Waals surface area contributed by atoms with Crippen molar-refractivity contribution in [3.8, 4) is 0 Å². The highest BCUT2D eigenvalue weighted by atomic mass is 35.5. The molecule has 0 saturated carbocycles. The molecule has 3 aromatic carbocycles. The van der Waals surface area contributed by atoms with Gasteiger partial charge >= 0.3 is 0 Å². The fourth-order valence-corrected chi connectivity index (χ4v) is 5.56. The van der Waals surface area contributed by atoms with Gasteiger partial charge in [-0.3, -0.25) is 9.59 Å². The summed E-state index contributed by atoms with van der Waals surface area (Å²) in [5.74, 6) is -0.0990. The van der Waals surface area contributed by atoms with Crippen LogP contribution in [-0.4, -0.2) is 22.6 Å². The van der Waals surface area contributed by atoms with Crippen molar-refractivity contribution in [2.24, 2.45) is 0 Å². The van der Waals surface area contributed by atoms with Gasteiger partial charge in [0.05, 0.1) is 32.6 Å². The van der Waals surface area contributed by atoms with Gasteiger partial charge in [-0.15, -0.1) is 11.3 Å². The first-order valence-electron chi connectivity index (χ1n) is 10.0. The second-order valence-corrected chi connectivity index (χ2v) is 10.3. The molecule has 0 aliphatic rings. The number of thiazole rings is 1. The number of carbonyl (C=O) groups is 2. The number of hydrogen-bond donors (Lipinski definition) is 2. The molecule has 0 spiro atoms. The minimum Gasteiger partial charge on any atom is -0.349 e. The summed E-state index contributed by atoms with van der Waals surface area (Å²) in [7, 11) is 0. The fourth-order valence-electron chi connectivity index (χ4n) is 3.15. The van der Waals surface area contributed by atoms with Gasteiger partial charge in [0, 0.05) is 10.7 Å². The summed E-state index contributed by atoms with van der Waals surface area (Å²) in [6, 6.07) is 20.0. The Bertz CT molecular complexity index is 1310. The maximum absolute atomic E-state index is 12.6. The number of anilines is 1. The lowest BCUT2D eigenvalue weighted by Crippen LogP contribution is -2.28. The Balaban J connectivity index is 1.37. The second kappa shape index (κ2) is 10.6. The van der Waals surface area contributed by atoms with E-state index >= 15 is 0 Å². The summed E-state index contributed by atoms with van der Waals surface area (Å²) >= 11 is 14.9. The van der Waals surface area contributed by atoms with Gasteiger partial charge in [-0.25, -0.2) is 4.98 Å². The van der Waals surface area contributed by atoms with Crippen LogP contribution in [-0.2, 0) is 4.79 Å². The highest BCUT2D eigenvalue weighted by Crippen LogP contribution is 2.32. The molecule has 2 amide bonds. The standard InChI is InChI=1S/C24H19Cl2N3O2S2/c1-14(15-5-3-2-4-6-15)27-22(30)13-32-24-29-20-10-8-17(12-21(20)33-24)28-23(31)18-9-7-16(25)11-19(18)26/h2-12,14H,13H2,1H3,(H,27,30)(H,28,31)/t14-/m1/s1. The zero-order chi connectivity index (χ0) is 23.4. The van der Waals surface area contributed by atoms with Crippen LogP contribution in [0.4, 0.5) is 5.69 Å². The molecule has 0 aliphatic carbocycles. The van der Waals surface area contributed by atoms with Crippen molar-refractivity contribution < 1.29 is 9.59 Å². The quantitative estimate of drug-likeness (QED) is 0.264. The third-order valence-electron chi connectivity index (χ3n) is 4.81. The number of hydrogen-bond acceptors (Lipinski definition) is 5. The van der Waals surface area contributed by atoms with Gasteiger partial charge in [0.1, 0.15) is 0 Å². The van der Waals surface area contributed by atoms with Crippen LogP contribution in [0.3, 0.4) is 0 Å². The van der Waals surface area contributed by atoms with Crippen molar-refractivity contribution in [3.63, 3.8) is 0 Å². The van der Waals surface area contributed by atoms with Crippen molar-refractivity contribution >= 4 is 74.0 Å². The van der Waals surface area contributed by atoms with E-state index in [9.17, 15) is 9.59 Å². The first kappa shape index (κ1) is 23.6. The molecule has 0 fully saturated rings. The Morgan fingerprint density at radius 1 is 1.06 bits per heavy atom. The molecule has 9 heteroatoms. The minimum atomic E-state index is -0.320. The van der Waals surface area contributed by atoms with Gasteiger partial charge in [-0.2, -0.15) is 0 Å². The van der Waals surface area contributed by atoms with Gasteiger partial charge in [-0.05, 0) is 48.9 Å². The molecule has 33 heavy (non-hydrogen) atoms. The highest BCUT2D eigenvalue weighted by Gasteiger charge is 2.14. The Morgan fingerprint density at radius 3 is 2.61 bits per heavy atom. The fraction of sp³-hybridized carbons (Fsp3) is 0.125. The van der Waals surface area contributed by atoms with E-state index in [1.807, 2.05) is 49.4 Å². The van der Waals surface area contributed by atoms with Crippen molar-refractivity contribution in [3.05, 3.63) is 87.9 Å². The number of thioether (sulfide) groups is 1. The van der Waals surface area contributed by atoms with Gasteiger partial charge in [-0.1, -0.05) is 65.3 Å². The van der Waals surface area contributed by atoms with Crippen LogP contribution >= 0.6 is 46.3 Å². The van der Waals surface area contributed by atoms with Crippen LogP contribution in [0.25, 0.3) is 10.2 Å². The lowest BCUT2D eigenvalue weighted by Gasteiger charge is -2.13. The van der Waals surface area contributed by atoms with Crippen molar-refractivity contribution in [1.82, 2.24) is 10.3 Å². The number of halogens is 2. The number of rotatable bonds is 7. The van der Waals surface area contributed by atoms with Crippen molar-refractivity contribution in [1.29, 1.82) is 0 Å². The Kier molecular flexibility index (Phi) is 7.55. The monoisotopic (exact) mass is 515 g/mol. The van der Waals surface area contributed by atoms with Crippen molar-refractivity contribution in [2.45, 2.75) is 17.3 Å². The summed E-state index contributed by atoms with van der Waals surface area (Å²) < 4.78 is 1.70. The molecule has 1 atom stereocenters. The molecule has 4 rings (SSSR count). The lowest BCUT2D eigenvalue weighted by molar-refractivity contribution is -0.119.